The van der Waals surface area contributed by atoms with Gasteiger partial charge in [0.2, 0.25) is 0 Å². The quantitative estimate of drug-likeness (QED) is 0.761. The minimum Gasteiger partial charge on any atom is -0.467 e. The molecule has 24 heavy (non-hydrogen) atoms. The van der Waals surface area contributed by atoms with Gasteiger partial charge < -0.3 is 14.3 Å². The zero-order chi connectivity index (χ0) is 17.5. The third-order valence-electron chi connectivity index (χ3n) is 4.19. The van der Waals surface area contributed by atoms with Gasteiger partial charge in [-0.3, -0.25) is 4.90 Å². The first-order chi connectivity index (χ1) is 11.5. The zero-order valence-electron chi connectivity index (χ0n) is 15.2. The van der Waals surface area contributed by atoms with Crippen LogP contribution in [0.2, 0.25) is 0 Å². The number of rotatable bonds is 9. The van der Waals surface area contributed by atoms with Crippen LogP contribution in [0.15, 0.2) is 41.0 Å². The van der Waals surface area contributed by atoms with Crippen LogP contribution in [0, 0.1) is 13.8 Å². The third-order valence-corrected chi connectivity index (χ3v) is 4.19. The molecular formula is C20H29NO3. The van der Waals surface area contributed by atoms with Crippen LogP contribution in [0.1, 0.15) is 36.3 Å². The molecule has 0 saturated carbocycles. The van der Waals surface area contributed by atoms with Crippen LogP contribution in [-0.2, 0) is 17.9 Å². The monoisotopic (exact) mass is 331 g/mol. The van der Waals surface area contributed by atoms with E-state index in [1.54, 1.807) is 6.26 Å². The van der Waals surface area contributed by atoms with Crippen molar-refractivity contribution >= 4 is 0 Å². The highest BCUT2D eigenvalue weighted by Gasteiger charge is 2.16. The molecule has 0 saturated heterocycles. The molecule has 0 bridgehead atoms. The molecular weight excluding hydrogens is 302 g/mol. The van der Waals surface area contributed by atoms with Crippen molar-refractivity contribution in [2.45, 2.75) is 53.0 Å². The second kappa shape index (κ2) is 9.02. The summed E-state index contributed by atoms with van der Waals surface area (Å²) in [7, 11) is 0. The van der Waals surface area contributed by atoms with E-state index in [9.17, 15) is 5.11 Å². The Morgan fingerprint density at radius 2 is 2.00 bits per heavy atom. The summed E-state index contributed by atoms with van der Waals surface area (Å²) in [5, 5.41) is 10.3. The molecule has 0 amide bonds. The molecule has 0 aliphatic carbocycles. The van der Waals surface area contributed by atoms with Crippen molar-refractivity contribution in [3.8, 4) is 0 Å². The van der Waals surface area contributed by atoms with E-state index in [0.29, 0.717) is 25.8 Å². The van der Waals surface area contributed by atoms with E-state index in [1.807, 2.05) is 12.1 Å². The number of hydrogen-bond acceptors (Lipinski definition) is 4. The average Bonchev–Trinajstić information content (AvgIpc) is 3.03. The molecule has 4 heteroatoms. The Kier molecular flexibility index (Phi) is 7.03. The van der Waals surface area contributed by atoms with E-state index >= 15 is 0 Å². The lowest BCUT2D eigenvalue weighted by Gasteiger charge is -2.29. The molecule has 1 aromatic carbocycles. The molecule has 1 N–H and O–H groups in total. The summed E-state index contributed by atoms with van der Waals surface area (Å²) in [5.74, 6) is 0.776. The first-order valence-electron chi connectivity index (χ1n) is 8.54. The van der Waals surface area contributed by atoms with Crippen LogP contribution in [-0.4, -0.2) is 35.3 Å². The number of hydrogen-bond donors (Lipinski definition) is 1. The van der Waals surface area contributed by atoms with Crippen molar-refractivity contribution in [1.82, 2.24) is 4.90 Å². The van der Waals surface area contributed by atoms with Crippen molar-refractivity contribution in [3.63, 3.8) is 0 Å². The number of furan rings is 1. The maximum absolute atomic E-state index is 10.3. The SMILES string of the molecule is Cc1ccc(C)c(CN(C[C@@H](O)COCc2ccco2)C(C)C)c1. The van der Waals surface area contributed by atoms with E-state index in [1.165, 1.54) is 16.7 Å². The number of aliphatic hydroxyl groups is 1. The van der Waals surface area contributed by atoms with Crippen molar-refractivity contribution < 1.29 is 14.3 Å². The lowest BCUT2D eigenvalue weighted by molar-refractivity contribution is -0.00119. The number of ether oxygens (including phenoxy) is 1. The first-order valence-corrected chi connectivity index (χ1v) is 8.54. The van der Waals surface area contributed by atoms with Gasteiger partial charge in [0.1, 0.15) is 12.4 Å². The summed E-state index contributed by atoms with van der Waals surface area (Å²) in [6, 6.07) is 10.6. The van der Waals surface area contributed by atoms with Crippen molar-refractivity contribution in [1.29, 1.82) is 0 Å². The Morgan fingerprint density at radius 1 is 1.21 bits per heavy atom. The third kappa shape index (κ3) is 5.78. The van der Waals surface area contributed by atoms with Gasteiger partial charge in [-0.05, 0) is 51.0 Å². The predicted octanol–water partition coefficient (Wildman–Crippen LogP) is 3.68. The van der Waals surface area contributed by atoms with Crippen LogP contribution in [0.4, 0.5) is 0 Å². The molecule has 0 unspecified atom stereocenters. The molecule has 132 valence electrons. The Bertz CT molecular complexity index is 607. The number of aryl methyl sites for hydroxylation is 2. The van der Waals surface area contributed by atoms with E-state index in [-0.39, 0.29) is 0 Å². The lowest BCUT2D eigenvalue weighted by Crippen LogP contribution is -2.39. The van der Waals surface area contributed by atoms with E-state index in [0.717, 1.165) is 12.3 Å². The largest absolute Gasteiger partial charge is 0.467 e. The van der Waals surface area contributed by atoms with Gasteiger partial charge in [-0.2, -0.15) is 0 Å². The number of aliphatic hydroxyl groups excluding tert-OH is 1. The van der Waals surface area contributed by atoms with Gasteiger partial charge in [0.05, 0.1) is 19.0 Å². The van der Waals surface area contributed by atoms with Gasteiger partial charge in [-0.1, -0.05) is 23.8 Å². The fraction of sp³-hybridized carbons (Fsp3) is 0.500. The Hall–Kier alpha value is -1.62. The summed E-state index contributed by atoms with van der Waals surface area (Å²) in [4.78, 5) is 2.28. The topological polar surface area (TPSA) is 45.8 Å². The fourth-order valence-corrected chi connectivity index (χ4v) is 2.66. The lowest BCUT2D eigenvalue weighted by atomic mass is 10.0. The van der Waals surface area contributed by atoms with Crippen LogP contribution in [0.25, 0.3) is 0 Å². The Labute approximate surface area is 145 Å². The zero-order valence-corrected chi connectivity index (χ0v) is 15.2. The van der Waals surface area contributed by atoms with Crippen LogP contribution < -0.4 is 0 Å². The highest BCUT2D eigenvalue weighted by atomic mass is 16.5. The van der Waals surface area contributed by atoms with Crippen LogP contribution in [0.3, 0.4) is 0 Å². The van der Waals surface area contributed by atoms with Crippen LogP contribution in [0.5, 0.6) is 0 Å². The van der Waals surface area contributed by atoms with E-state index in [2.05, 4.69) is 50.8 Å². The molecule has 0 fully saturated rings. The molecule has 4 nitrogen and oxygen atoms in total. The fourth-order valence-electron chi connectivity index (χ4n) is 2.66. The molecule has 0 aliphatic rings. The summed E-state index contributed by atoms with van der Waals surface area (Å²) >= 11 is 0. The van der Waals surface area contributed by atoms with E-state index in [4.69, 9.17) is 9.15 Å². The van der Waals surface area contributed by atoms with Crippen LogP contribution >= 0.6 is 0 Å². The van der Waals surface area contributed by atoms with Crippen molar-refractivity contribution in [3.05, 3.63) is 59.0 Å². The molecule has 2 aromatic rings. The van der Waals surface area contributed by atoms with E-state index < -0.39 is 6.10 Å². The summed E-state index contributed by atoms with van der Waals surface area (Å²) in [6.07, 6.45) is 1.10. The normalized spacial score (nSPS) is 13.0. The minimum atomic E-state index is -0.521. The minimum absolute atomic E-state index is 0.302. The smallest absolute Gasteiger partial charge is 0.129 e. The summed E-state index contributed by atoms with van der Waals surface area (Å²) in [6.45, 7) is 10.7. The maximum atomic E-state index is 10.3. The number of nitrogens with zero attached hydrogens (tertiary/aromatic N) is 1. The van der Waals surface area contributed by atoms with Crippen molar-refractivity contribution in [2.75, 3.05) is 13.2 Å². The molecule has 0 aliphatic heterocycles. The average molecular weight is 331 g/mol. The predicted molar refractivity (Wildman–Crippen MR) is 95.8 cm³/mol. The molecule has 1 aromatic heterocycles. The maximum Gasteiger partial charge on any atom is 0.129 e. The second-order valence-corrected chi connectivity index (χ2v) is 6.70. The van der Waals surface area contributed by atoms with Gasteiger partial charge in [0, 0.05) is 19.1 Å². The molecule has 1 atom stereocenters. The van der Waals surface area contributed by atoms with Gasteiger partial charge in [0.15, 0.2) is 0 Å². The summed E-state index contributed by atoms with van der Waals surface area (Å²) in [5.41, 5.74) is 3.86. The standard InChI is InChI=1S/C20H29NO3/c1-15(2)21(11-18-10-16(3)7-8-17(18)4)12-19(22)13-23-14-20-6-5-9-24-20/h5-10,15,19,22H,11-14H2,1-4H3/t19-/m1/s1. The van der Waals surface area contributed by atoms with Gasteiger partial charge >= 0.3 is 0 Å². The Balaban J connectivity index is 1.86. The first kappa shape index (κ1) is 18.7. The second-order valence-electron chi connectivity index (χ2n) is 6.70. The summed E-state index contributed by atoms with van der Waals surface area (Å²) < 4.78 is 10.8. The number of benzene rings is 1. The molecule has 0 spiro atoms. The van der Waals surface area contributed by atoms with Crippen molar-refractivity contribution in [2.24, 2.45) is 0 Å². The molecule has 1 heterocycles. The molecule has 2 rings (SSSR count). The highest BCUT2D eigenvalue weighted by molar-refractivity contribution is 5.30. The Morgan fingerprint density at radius 3 is 2.67 bits per heavy atom. The van der Waals surface area contributed by atoms with Gasteiger partial charge in [-0.15, -0.1) is 0 Å². The van der Waals surface area contributed by atoms with Gasteiger partial charge in [-0.25, -0.2) is 0 Å². The molecule has 0 radical (unpaired) electrons. The van der Waals surface area contributed by atoms with Gasteiger partial charge in [0.25, 0.3) is 0 Å². The highest BCUT2D eigenvalue weighted by Crippen LogP contribution is 2.15.